The van der Waals surface area contributed by atoms with Gasteiger partial charge < -0.3 is 15.0 Å². The Morgan fingerprint density at radius 1 is 1.00 bits per heavy atom. The van der Waals surface area contributed by atoms with Crippen molar-refractivity contribution in [3.8, 4) is 11.5 Å². The third-order valence-electron chi connectivity index (χ3n) is 5.20. The third kappa shape index (κ3) is 5.33. The van der Waals surface area contributed by atoms with Crippen LogP contribution in [0, 0.1) is 0 Å². The molecule has 0 radical (unpaired) electrons. The smallest absolute Gasteiger partial charge is 0.255 e. The summed E-state index contributed by atoms with van der Waals surface area (Å²) in [6, 6.07) is 15.4. The number of carbonyl (C=O) groups is 1. The van der Waals surface area contributed by atoms with Crippen LogP contribution in [0.1, 0.15) is 35.7 Å². The van der Waals surface area contributed by atoms with Crippen molar-refractivity contribution >= 4 is 5.91 Å². The van der Waals surface area contributed by atoms with Gasteiger partial charge in [-0.2, -0.15) is 0 Å². The molecule has 0 bridgehead atoms. The quantitative estimate of drug-likeness (QED) is 0.796. The van der Waals surface area contributed by atoms with Gasteiger partial charge in [-0.15, -0.1) is 0 Å². The van der Waals surface area contributed by atoms with E-state index in [9.17, 15) is 4.79 Å². The second-order valence-electron chi connectivity index (χ2n) is 7.69. The van der Waals surface area contributed by atoms with E-state index in [2.05, 4.69) is 42.1 Å². The average molecular weight is 382 g/mol. The molecular formula is C23H31N3O2. The molecule has 1 aliphatic rings. The summed E-state index contributed by atoms with van der Waals surface area (Å²) in [5.74, 6) is 1.65. The second kappa shape index (κ2) is 9.71. The first kappa shape index (κ1) is 20.4. The van der Waals surface area contributed by atoms with Crippen LogP contribution in [0.2, 0.25) is 0 Å². The fourth-order valence-electron chi connectivity index (χ4n) is 3.41. The molecule has 150 valence electrons. The van der Waals surface area contributed by atoms with Gasteiger partial charge in [0, 0.05) is 39.3 Å². The highest BCUT2D eigenvalue weighted by molar-refractivity contribution is 5.97. The molecule has 28 heavy (non-hydrogen) atoms. The summed E-state index contributed by atoms with van der Waals surface area (Å²) in [5, 5.41) is 3.05. The fraction of sp³-hybridized carbons (Fsp3) is 0.435. The largest absolute Gasteiger partial charge is 0.456 e. The molecule has 1 heterocycles. The normalized spacial score (nSPS) is 15.6. The van der Waals surface area contributed by atoms with Gasteiger partial charge in [-0.25, -0.2) is 0 Å². The minimum Gasteiger partial charge on any atom is -0.456 e. The first-order chi connectivity index (χ1) is 13.5. The van der Waals surface area contributed by atoms with Gasteiger partial charge in [0.05, 0.1) is 5.56 Å². The van der Waals surface area contributed by atoms with Crippen LogP contribution in [0.3, 0.4) is 0 Å². The van der Waals surface area contributed by atoms with Crippen LogP contribution in [0.5, 0.6) is 11.5 Å². The van der Waals surface area contributed by atoms with Crippen LogP contribution >= 0.6 is 0 Å². The van der Waals surface area contributed by atoms with Crippen LogP contribution in [0.15, 0.2) is 48.5 Å². The summed E-state index contributed by atoms with van der Waals surface area (Å²) in [7, 11) is 2.15. The predicted molar refractivity (Wildman–Crippen MR) is 113 cm³/mol. The molecule has 0 aliphatic carbocycles. The molecule has 0 aromatic heterocycles. The van der Waals surface area contributed by atoms with Crippen molar-refractivity contribution in [3.05, 3.63) is 59.7 Å². The van der Waals surface area contributed by atoms with Gasteiger partial charge in [0.2, 0.25) is 0 Å². The molecule has 5 heteroatoms. The topological polar surface area (TPSA) is 44.8 Å². The van der Waals surface area contributed by atoms with E-state index < -0.39 is 0 Å². The highest BCUT2D eigenvalue weighted by Gasteiger charge is 2.16. The number of hydrogen-bond acceptors (Lipinski definition) is 4. The number of piperazine rings is 1. The van der Waals surface area contributed by atoms with Crippen LogP contribution in [-0.2, 0) is 0 Å². The number of para-hydroxylation sites is 2. The lowest BCUT2D eigenvalue weighted by molar-refractivity contribution is 0.0938. The Labute approximate surface area is 168 Å². The van der Waals surface area contributed by atoms with Crippen molar-refractivity contribution in [2.75, 3.05) is 46.3 Å². The number of carbonyl (C=O) groups excluding carboxylic acids is 1. The van der Waals surface area contributed by atoms with Crippen LogP contribution in [0.4, 0.5) is 0 Å². The van der Waals surface area contributed by atoms with Gasteiger partial charge in [0.15, 0.2) is 0 Å². The Kier molecular flexibility index (Phi) is 7.06. The number of ether oxygens (including phenoxy) is 1. The third-order valence-corrected chi connectivity index (χ3v) is 5.20. The van der Waals surface area contributed by atoms with Gasteiger partial charge in [-0.05, 0) is 36.7 Å². The molecule has 1 fully saturated rings. The standard InChI is InChI=1S/C23H31N3O2/c1-18(2)19-8-4-6-10-21(19)28-22-11-7-5-9-20(22)23(27)24-12-13-26-16-14-25(3)15-17-26/h4-11,18H,12-17H2,1-3H3,(H,24,27). The Morgan fingerprint density at radius 2 is 1.64 bits per heavy atom. The lowest BCUT2D eigenvalue weighted by Gasteiger charge is -2.32. The van der Waals surface area contributed by atoms with Crippen molar-refractivity contribution in [1.29, 1.82) is 0 Å². The molecule has 1 aliphatic heterocycles. The van der Waals surface area contributed by atoms with Gasteiger partial charge in [-0.3, -0.25) is 9.69 Å². The van der Waals surface area contributed by atoms with Gasteiger partial charge >= 0.3 is 0 Å². The molecule has 1 saturated heterocycles. The van der Waals surface area contributed by atoms with E-state index in [1.54, 1.807) is 0 Å². The number of nitrogens with zero attached hydrogens (tertiary/aromatic N) is 2. The second-order valence-corrected chi connectivity index (χ2v) is 7.69. The molecule has 1 amide bonds. The SMILES string of the molecule is CC(C)c1ccccc1Oc1ccccc1C(=O)NCCN1CCN(C)CC1. The molecule has 5 nitrogen and oxygen atoms in total. The first-order valence-electron chi connectivity index (χ1n) is 10.1. The van der Waals surface area contributed by atoms with E-state index in [0.717, 1.165) is 44.0 Å². The zero-order chi connectivity index (χ0) is 19.9. The highest BCUT2D eigenvalue weighted by Crippen LogP contribution is 2.31. The van der Waals surface area contributed by atoms with E-state index in [1.807, 2.05) is 42.5 Å². The molecule has 0 saturated carbocycles. The Bertz CT molecular complexity index is 783. The minimum atomic E-state index is -0.0910. The summed E-state index contributed by atoms with van der Waals surface area (Å²) in [6.07, 6.45) is 0. The van der Waals surface area contributed by atoms with Gasteiger partial charge in [0.1, 0.15) is 11.5 Å². The number of benzene rings is 2. The van der Waals surface area contributed by atoms with Crippen LogP contribution in [0.25, 0.3) is 0 Å². The first-order valence-corrected chi connectivity index (χ1v) is 10.1. The molecule has 1 N–H and O–H groups in total. The molecule has 0 atom stereocenters. The maximum absolute atomic E-state index is 12.8. The minimum absolute atomic E-state index is 0.0910. The van der Waals surface area contributed by atoms with Gasteiger partial charge in [0.25, 0.3) is 5.91 Å². The molecule has 3 rings (SSSR count). The van der Waals surface area contributed by atoms with Crippen molar-refractivity contribution in [3.63, 3.8) is 0 Å². The number of hydrogen-bond donors (Lipinski definition) is 1. The zero-order valence-electron chi connectivity index (χ0n) is 17.1. The molecule has 2 aromatic rings. The van der Waals surface area contributed by atoms with E-state index in [-0.39, 0.29) is 5.91 Å². The number of rotatable bonds is 7. The predicted octanol–water partition coefficient (Wildman–Crippen LogP) is 3.58. The van der Waals surface area contributed by atoms with Gasteiger partial charge in [-0.1, -0.05) is 44.2 Å². The average Bonchev–Trinajstić information content (AvgIpc) is 2.70. The van der Waals surface area contributed by atoms with Crippen molar-refractivity contribution in [2.24, 2.45) is 0 Å². The van der Waals surface area contributed by atoms with E-state index >= 15 is 0 Å². The summed E-state index contributed by atoms with van der Waals surface area (Å²) in [6.45, 7) is 10.1. The van der Waals surface area contributed by atoms with E-state index in [4.69, 9.17) is 4.74 Å². The van der Waals surface area contributed by atoms with Crippen LogP contribution < -0.4 is 10.1 Å². The zero-order valence-corrected chi connectivity index (χ0v) is 17.1. The molecule has 0 spiro atoms. The summed E-state index contributed by atoms with van der Waals surface area (Å²) in [5.41, 5.74) is 1.70. The fourth-order valence-corrected chi connectivity index (χ4v) is 3.41. The number of likely N-dealkylation sites (N-methyl/N-ethyl adjacent to an activating group) is 1. The summed E-state index contributed by atoms with van der Waals surface area (Å²) >= 11 is 0. The lowest BCUT2D eigenvalue weighted by atomic mass is 10.0. The molecular weight excluding hydrogens is 350 g/mol. The Morgan fingerprint density at radius 3 is 2.36 bits per heavy atom. The van der Waals surface area contributed by atoms with E-state index in [1.165, 1.54) is 0 Å². The maximum atomic E-state index is 12.8. The van der Waals surface area contributed by atoms with Crippen molar-refractivity contribution in [2.45, 2.75) is 19.8 Å². The van der Waals surface area contributed by atoms with Crippen molar-refractivity contribution < 1.29 is 9.53 Å². The number of amides is 1. The molecule has 2 aromatic carbocycles. The molecule has 0 unspecified atom stereocenters. The van der Waals surface area contributed by atoms with Crippen molar-refractivity contribution in [1.82, 2.24) is 15.1 Å². The summed E-state index contributed by atoms with van der Waals surface area (Å²) in [4.78, 5) is 17.5. The lowest BCUT2D eigenvalue weighted by Crippen LogP contribution is -2.46. The van der Waals surface area contributed by atoms with Crippen LogP contribution in [-0.4, -0.2) is 62.0 Å². The summed E-state index contributed by atoms with van der Waals surface area (Å²) < 4.78 is 6.15. The highest BCUT2D eigenvalue weighted by atomic mass is 16.5. The number of nitrogens with one attached hydrogen (secondary N) is 1. The maximum Gasteiger partial charge on any atom is 0.255 e. The Hall–Kier alpha value is -2.37. The van der Waals surface area contributed by atoms with E-state index in [0.29, 0.717) is 23.8 Å². The monoisotopic (exact) mass is 381 g/mol. The Balaban J connectivity index is 1.62.